The van der Waals surface area contributed by atoms with Crippen LogP contribution in [0.1, 0.15) is 26.0 Å². The molecule has 0 unspecified atom stereocenters. The van der Waals surface area contributed by atoms with Gasteiger partial charge in [-0.05, 0) is 25.5 Å². The zero-order valence-corrected chi connectivity index (χ0v) is 6.29. The highest BCUT2D eigenvalue weighted by molar-refractivity contribution is 5.06. The molecule has 0 amide bonds. The fraction of sp³-hybridized carbons (Fsp3) is 0.500. The molecule has 1 N–H and O–H groups in total. The van der Waals surface area contributed by atoms with Crippen LogP contribution in [0.4, 0.5) is 0 Å². The van der Waals surface area contributed by atoms with Crippen molar-refractivity contribution < 1.29 is 9.52 Å². The summed E-state index contributed by atoms with van der Waals surface area (Å²) < 4.78 is 5.04. The molecular formula is C8H12O2. The summed E-state index contributed by atoms with van der Waals surface area (Å²) in [6, 6.07) is 3.56. The standard InChI is InChI=1S/C8H12O2/c1-3-8(2,9)7-5-4-6-10-7/h4-6,9H,3H2,1-2H3/t8-/m0/s1. The van der Waals surface area contributed by atoms with E-state index in [-0.39, 0.29) is 0 Å². The van der Waals surface area contributed by atoms with E-state index < -0.39 is 5.60 Å². The maximum absolute atomic E-state index is 9.59. The normalized spacial score (nSPS) is 16.7. The monoisotopic (exact) mass is 140 g/mol. The minimum atomic E-state index is -0.802. The van der Waals surface area contributed by atoms with E-state index in [1.54, 1.807) is 25.3 Å². The number of rotatable bonds is 2. The van der Waals surface area contributed by atoms with Crippen molar-refractivity contribution in [3.8, 4) is 0 Å². The summed E-state index contributed by atoms with van der Waals surface area (Å²) in [6.45, 7) is 3.66. The van der Waals surface area contributed by atoms with Gasteiger partial charge in [-0.2, -0.15) is 0 Å². The highest BCUT2D eigenvalue weighted by Crippen LogP contribution is 2.23. The maximum Gasteiger partial charge on any atom is 0.135 e. The van der Waals surface area contributed by atoms with Gasteiger partial charge in [0.05, 0.1) is 6.26 Å². The van der Waals surface area contributed by atoms with Gasteiger partial charge in [-0.1, -0.05) is 6.92 Å². The van der Waals surface area contributed by atoms with Gasteiger partial charge in [-0.3, -0.25) is 0 Å². The first-order valence-electron chi connectivity index (χ1n) is 3.43. The zero-order valence-electron chi connectivity index (χ0n) is 6.29. The van der Waals surface area contributed by atoms with Gasteiger partial charge in [0.2, 0.25) is 0 Å². The fourth-order valence-corrected chi connectivity index (χ4v) is 0.759. The molecule has 0 radical (unpaired) electrons. The van der Waals surface area contributed by atoms with E-state index in [9.17, 15) is 5.11 Å². The third-order valence-corrected chi connectivity index (χ3v) is 1.74. The van der Waals surface area contributed by atoms with Crippen molar-refractivity contribution >= 4 is 0 Å². The van der Waals surface area contributed by atoms with Gasteiger partial charge in [-0.25, -0.2) is 0 Å². The van der Waals surface area contributed by atoms with E-state index >= 15 is 0 Å². The van der Waals surface area contributed by atoms with E-state index in [1.807, 2.05) is 6.92 Å². The minimum Gasteiger partial charge on any atom is -0.466 e. The van der Waals surface area contributed by atoms with Gasteiger partial charge >= 0.3 is 0 Å². The lowest BCUT2D eigenvalue weighted by Gasteiger charge is -2.17. The molecule has 1 atom stereocenters. The van der Waals surface area contributed by atoms with Crippen LogP contribution < -0.4 is 0 Å². The summed E-state index contributed by atoms with van der Waals surface area (Å²) in [6.07, 6.45) is 2.24. The summed E-state index contributed by atoms with van der Waals surface area (Å²) >= 11 is 0. The molecule has 0 aliphatic carbocycles. The molecule has 0 fully saturated rings. The van der Waals surface area contributed by atoms with Gasteiger partial charge < -0.3 is 9.52 Å². The molecule has 0 saturated carbocycles. The van der Waals surface area contributed by atoms with Gasteiger partial charge in [-0.15, -0.1) is 0 Å². The lowest BCUT2D eigenvalue weighted by molar-refractivity contribution is 0.0302. The lowest BCUT2D eigenvalue weighted by atomic mass is 10.0. The van der Waals surface area contributed by atoms with Crippen LogP contribution >= 0.6 is 0 Å². The third kappa shape index (κ3) is 1.21. The van der Waals surface area contributed by atoms with Gasteiger partial charge in [0.25, 0.3) is 0 Å². The smallest absolute Gasteiger partial charge is 0.135 e. The van der Waals surface area contributed by atoms with E-state index in [0.29, 0.717) is 12.2 Å². The molecule has 56 valence electrons. The van der Waals surface area contributed by atoms with Gasteiger partial charge in [0, 0.05) is 0 Å². The van der Waals surface area contributed by atoms with Crippen LogP contribution in [-0.4, -0.2) is 5.11 Å². The number of aliphatic hydroxyl groups is 1. The summed E-state index contributed by atoms with van der Waals surface area (Å²) in [5, 5.41) is 9.59. The summed E-state index contributed by atoms with van der Waals surface area (Å²) in [4.78, 5) is 0. The molecule has 0 bridgehead atoms. The van der Waals surface area contributed by atoms with Crippen molar-refractivity contribution in [2.24, 2.45) is 0 Å². The topological polar surface area (TPSA) is 33.4 Å². The first-order chi connectivity index (χ1) is 4.67. The van der Waals surface area contributed by atoms with E-state index in [2.05, 4.69) is 0 Å². The molecule has 1 heterocycles. The van der Waals surface area contributed by atoms with E-state index in [4.69, 9.17) is 4.42 Å². The molecule has 1 aromatic heterocycles. The second kappa shape index (κ2) is 2.46. The van der Waals surface area contributed by atoms with Crippen molar-refractivity contribution in [2.75, 3.05) is 0 Å². The molecule has 0 aliphatic heterocycles. The highest BCUT2D eigenvalue weighted by atomic mass is 16.4. The number of hydrogen-bond donors (Lipinski definition) is 1. The second-order valence-corrected chi connectivity index (χ2v) is 2.60. The molecule has 2 heteroatoms. The molecule has 0 aromatic carbocycles. The predicted molar refractivity (Wildman–Crippen MR) is 38.6 cm³/mol. The Balaban J connectivity index is 2.85. The van der Waals surface area contributed by atoms with Crippen molar-refractivity contribution in [2.45, 2.75) is 25.9 Å². The molecular weight excluding hydrogens is 128 g/mol. The van der Waals surface area contributed by atoms with Crippen molar-refractivity contribution in [3.63, 3.8) is 0 Å². The summed E-state index contributed by atoms with van der Waals surface area (Å²) in [5.41, 5.74) is -0.802. The lowest BCUT2D eigenvalue weighted by Crippen LogP contribution is -2.18. The van der Waals surface area contributed by atoms with Crippen molar-refractivity contribution in [1.82, 2.24) is 0 Å². The van der Waals surface area contributed by atoms with Crippen molar-refractivity contribution in [3.05, 3.63) is 24.2 Å². The molecule has 1 aromatic rings. The number of hydrogen-bond acceptors (Lipinski definition) is 2. The quantitative estimate of drug-likeness (QED) is 0.680. The van der Waals surface area contributed by atoms with Crippen molar-refractivity contribution in [1.29, 1.82) is 0 Å². The average molecular weight is 140 g/mol. The van der Waals surface area contributed by atoms with Crippen LogP contribution in [0, 0.1) is 0 Å². The summed E-state index contributed by atoms with van der Waals surface area (Å²) in [5.74, 6) is 0.634. The molecule has 0 aliphatic rings. The Kier molecular flexibility index (Phi) is 1.81. The largest absolute Gasteiger partial charge is 0.466 e. The van der Waals surface area contributed by atoms with Crippen LogP contribution in [0.2, 0.25) is 0 Å². The Morgan fingerprint density at radius 3 is 2.80 bits per heavy atom. The second-order valence-electron chi connectivity index (χ2n) is 2.60. The van der Waals surface area contributed by atoms with Crippen LogP contribution in [0.5, 0.6) is 0 Å². The molecule has 10 heavy (non-hydrogen) atoms. The molecule has 2 nitrogen and oxygen atoms in total. The zero-order chi connectivity index (χ0) is 7.61. The maximum atomic E-state index is 9.59. The Hall–Kier alpha value is -0.760. The van der Waals surface area contributed by atoms with Gasteiger partial charge in [0.15, 0.2) is 0 Å². The predicted octanol–water partition coefficient (Wildman–Crippen LogP) is 1.90. The van der Waals surface area contributed by atoms with Crippen LogP contribution in [0.15, 0.2) is 22.8 Å². The fourth-order valence-electron chi connectivity index (χ4n) is 0.759. The first kappa shape index (κ1) is 7.35. The Bertz CT molecular complexity index is 187. The first-order valence-corrected chi connectivity index (χ1v) is 3.43. The summed E-state index contributed by atoms with van der Waals surface area (Å²) in [7, 11) is 0. The van der Waals surface area contributed by atoms with Crippen LogP contribution in [-0.2, 0) is 5.60 Å². The number of furan rings is 1. The van der Waals surface area contributed by atoms with E-state index in [0.717, 1.165) is 0 Å². The highest BCUT2D eigenvalue weighted by Gasteiger charge is 2.22. The van der Waals surface area contributed by atoms with Crippen LogP contribution in [0.3, 0.4) is 0 Å². The molecule has 1 rings (SSSR count). The Morgan fingerprint density at radius 2 is 2.40 bits per heavy atom. The Morgan fingerprint density at radius 1 is 1.70 bits per heavy atom. The molecule has 0 spiro atoms. The Labute approximate surface area is 60.5 Å². The minimum absolute atomic E-state index is 0.634. The third-order valence-electron chi connectivity index (χ3n) is 1.74. The molecule has 0 saturated heterocycles. The SMILES string of the molecule is CC[C@](C)(O)c1ccco1. The van der Waals surface area contributed by atoms with Gasteiger partial charge in [0.1, 0.15) is 11.4 Å². The average Bonchev–Trinajstić information content (AvgIpc) is 2.38. The van der Waals surface area contributed by atoms with Crippen LogP contribution in [0.25, 0.3) is 0 Å². The van der Waals surface area contributed by atoms with E-state index in [1.165, 1.54) is 0 Å².